The molecule has 1 aliphatic heterocycles. The molecule has 0 spiro atoms. The number of carbonyl (C=O) groups excluding carboxylic acids is 2. The predicted octanol–water partition coefficient (Wildman–Crippen LogP) is 4.90. The SMILES string of the molecule is CC(C)SC1=C(c2ccc(Cl)cc2)C(=O)N(Cc2ccccc2F)C1=O. The maximum Gasteiger partial charge on any atom is 0.268 e. The quantitative estimate of drug-likeness (QED) is 0.682. The zero-order valence-electron chi connectivity index (χ0n) is 14.3. The Hall–Kier alpha value is -2.11. The van der Waals surface area contributed by atoms with Gasteiger partial charge in [-0.05, 0) is 23.8 Å². The van der Waals surface area contributed by atoms with E-state index in [1.165, 1.54) is 17.8 Å². The highest BCUT2D eigenvalue weighted by atomic mass is 35.5. The van der Waals surface area contributed by atoms with Crippen LogP contribution in [-0.4, -0.2) is 22.0 Å². The van der Waals surface area contributed by atoms with Crippen molar-refractivity contribution in [1.82, 2.24) is 4.90 Å². The summed E-state index contributed by atoms with van der Waals surface area (Å²) < 4.78 is 14.0. The number of hydrogen-bond donors (Lipinski definition) is 0. The molecule has 0 N–H and O–H groups in total. The predicted molar refractivity (Wildman–Crippen MR) is 103 cm³/mol. The normalized spacial score (nSPS) is 14.7. The largest absolute Gasteiger partial charge is 0.269 e. The number of imide groups is 1. The highest BCUT2D eigenvalue weighted by molar-refractivity contribution is 8.04. The minimum Gasteiger partial charge on any atom is -0.269 e. The summed E-state index contributed by atoms with van der Waals surface area (Å²) in [6.45, 7) is 3.81. The van der Waals surface area contributed by atoms with Crippen molar-refractivity contribution in [3.63, 3.8) is 0 Å². The Kier molecular flexibility index (Phi) is 5.49. The molecule has 0 fully saturated rings. The highest BCUT2D eigenvalue weighted by Gasteiger charge is 2.39. The summed E-state index contributed by atoms with van der Waals surface area (Å²) in [7, 11) is 0. The molecule has 0 saturated heterocycles. The van der Waals surface area contributed by atoms with Crippen molar-refractivity contribution < 1.29 is 14.0 Å². The summed E-state index contributed by atoms with van der Waals surface area (Å²) in [5.74, 6) is -1.24. The lowest BCUT2D eigenvalue weighted by Gasteiger charge is -2.16. The van der Waals surface area contributed by atoms with Gasteiger partial charge in [0.2, 0.25) is 0 Å². The fourth-order valence-electron chi connectivity index (χ4n) is 2.71. The lowest BCUT2D eigenvalue weighted by atomic mass is 10.1. The lowest BCUT2D eigenvalue weighted by Crippen LogP contribution is -2.31. The van der Waals surface area contributed by atoms with E-state index in [1.807, 2.05) is 13.8 Å². The second-order valence-electron chi connectivity index (χ2n) is 6.17. The maximum absolute atomic E-state index is 14.0. The van der Waals surface area contributed by atoms with Gasteiger partial charge in [-0.2, -0.15) is 0 Å². The van der Waals surface area contributed by atoms with Gasteiger partial charge < -0.3 is 0 Å². The second kappa shape index (κ2) is 7.64. The molecule has 6 heteroatoms. The molecule has 26 heavy (non-hydrogen) atoms. The molecule has 1 heterocycles. The molecule has 2 aromatic carbocycles. The zero-order valence-corrected chi connectivity index (χ0v) is 15.9. The van der Waals surface area contributed by atoms with Crippen LogP contribution >= 0.6 is 23.4 Å². The fraction of sp³-hybridized carbons (Fsp3) is 0.200. The van der Waals surface area contributed by atoms with Crippen LogP contribution in [0.3, 0.4) is 0 Å². The van der Waals surface area contributed by atoms with Crippen molar-refractivity contribution in [2.24, 2.45) is 0 Å². The molecule has 0 saturated carbocycles. The van der Waals surface area contributed by atoms with Crippen LogP contribution in [0, 0.1) is 5.82 Å². The molecule has 0 bridgehead atoms. The Morgan fingerprint density at radius 1 is 1.04 bits per heavy atom. The van der Waals surface area contributed by atoms with Crippen LogP contribution in [-0.2, 0) is 16.1 Å². The average molecular weight is 390 g/mol. The fourth-order valence-corrected chi connectivity index (χ4v) is 3.84. The van der Waals surface area contributed by atoms with Crippen LogP contribution in [0.15, 0.2) is 53.4 Å². The van der Waals surface area contributed by atoms with Gasteiger partial charge >= 0.3 is 0 Å². The van der Waals surface area contributed by atoms with E-state index < -0.39 is 11.7 Å². The molecule has 1 aliphatic rings. The Labute approximate surface area is 160 Å². The van der Waals surface area contributed by atoms with E-state index in [9.17, 15) is 14.0 Å². The first-order valence-electron chi connectivity index (χ1n) is 8.15. The van der Waals surface area contributed by atoms with Gasteiger partial charge in [0, 0.05) is 15.8 Å². The van der Waals surface area contributed by atoms with E-state index in [4.69, 9.17) is 11.6 Å². The van der Waals surface area contributed by atoms with E-state index in [2.05, 4.69) is 0 Å². The Morgan fingerprint density at radius 2 is 1.69 bits per heavy atom. The molecular formula is C20H17ClFNO2S. The Bertz CT molecular complexity index is 893. The highest BCUT2D eigenvalue weighted by Crippen LogP contribution is 2.38. The van der Waals surface area contributed by atoms with Gasteiger partial charge in [-0.1, -0.05) is 55.8 Å². The number of nitrogens with zero attached hydrogens (tertiary/aromatic N) is 1. The van der Waals surface area contributed by atoms with Crippen LogP contribution in [0.4, 0.5) is 4.39 Å². The van der Waals surface area contributed by atoms with Crippen molar-refractivity contribution in [3.05, 3.63) is 75.4 Å². The van der Waals surface area contributed by atoms with Crippen molar-refractivity contribution in [2.45, 2.75) is 25.6 Å². The number of rotatable bonds is 5. The summed E-state index contributed by atoms with van der Waals surface area (Å²) in [4.78, 5) is 27.4. The van der Waals surface area contributed by atoms with Gasteiger partial charge in [0.05, 0.1) is 17.0 Å². The van der Waals surface area contributed by atoms with Crippen molar-refractivity contribution >= 4 is 40.8 Å². The van der Waals surface area contributed by atoms with E-state index in [0.29, 0.717) is 26.6 Å². The lowest BCUT2D eigenvalue weighted by molar-refractivity contribution is -0.137. The molecule has 2 aromatic rings. The smallest absolute Gasteiger partial charge is 0.268 e. The van der Waals surface area contributed by atoms with Crippen molar-refractivity contribution in [3.8, 4) is 0 Å². The molecule has 0 aliphatic carbocycles. The first kappa shape index (κ1) is 18.7. The third-order valence-electron chi connectivity index (χ3n) is 3.90. The second-order valence-corrected chi connectivity index (χ2v) is 8.19. The van der Waals surface area contributed by atoms with Crippen LogP contribution in [0.5, 0.6) is 0 Å². The molecule has 134 valence electrons. The topological polar surface area (TPSA) is 37.4 Å². The molecule has 3 nitrogen and oxygen atoms in total. The molecule has 3 rings (SSSR count). The first-order chi connectivity index (χ1) is 12.4. The summed E-state index contributed by atoms with van der Waals surface area (Å²) >= 11 is 7.27. The van der Waals surface area contributed by atoms with Crippen molar-refractivity contribution in [1.29, 1.82) is 0 Å². The maximum atomic E-state index is 14.0. The molecule has 0 atom stereocenters. The minimum atomic E-state index is -0.439. The number of benzene rings is 2. The number of hydrogen-bond acceptors (Lipinski definition) is 3. The summed E-state index contributed by atoms with van der Waals surface area (Å²) in [5, 5.41) is 0.671. The zero-order chi connectivity index (χ0) is 18.8. The van der Waals surface area contributed by atoms with E-state index >= 15 is 0 Å². The van der Waals surface area contributed by atoms with E-state index in [1.54, 1.807) is 42.5 Å². The van der Waals surface area contributed by atoms with E-state index in [-0.39, 0.29) is 17.7 Å². The summed E-state index contributed by atoms with van der Waals surface area (Å²) in [6.07, 6.45) is 0. The minimum absolute atomic E-state index is 0.0937. The number of halogens is 2. The molecule has 0 aromatic heterocycles. The molecule has 2 amide bonds. The number of thioether (sulfide) groups is 1. The van der Waals surface area contributed by atoms with Gasteiger partial charge in [0.15, 0.2) is 0 Å². The van der Waals surface area contributed by atoms with Crippen LogP contribution < -0.4 is 0 Å². The summed E-state index contributed by atoms with van der Waals surface area (Å²) in [6, 6.07) is 12.9. The monoisotopic (exact) mass is 389 g/mol. The van der Waals surface area contributed by atoms with Crippen LogP contribution in [0.25, 0.3) is 5.57 Å². The van der Waals surface area contributed by atoms with Gasteiger partial charge in [0.1, 0.15) is 5.82 Å². The Morgan fingerprint density at radius 3 is 2.31 bits per heavy atom. The standard InChI is InChI=1S/C20H17ClFNO2S/c1-12(2)26-18-17(13-7-9-15(21)10-8-13)19(24)23(20(18)25)11-14-5-3-4-6-16(14)22/h3-10,12H,11H2,1-2H3. The van der Waals surface area contributed by atoms with Gasteiger partial charge in [0.25, 0.3) is 11.8 Å². The first-order valence-corrected chi connectivity index (χ1v) is 9.40. The molecule has 0 unspecified atom stereocenters. The van der Waals surface area contributed by atoms with Gasteiger partial charge in [-0.25, -0.2) is 4.39 Å². The van der Waals surface area contributed by atoms with Gasteiger partial charge in [-0.15, -0.1) is 11.8 Å². The molecule has 0 radical (unpaired) electrons. The van der Waals surface area contributed by atoms with Gasteiger partial charge in [-0.3, -0.25) is 14.5 Å². The Balaban J connectivity index is 2.00. The molecular weight excluding hydrogens is 373 g/mol. The number of carbonyl (C=O) groups is 2. The van der Waals surface area contributed by atoms with Crippen LogP contribution in [0.1, 0.15) is 25.0 Å². The van der Waals surface area contributed by atoms with Crippen LogP contribution in [0.2, 0.25) is 5.02 Å². The summed E-state index contributed by atoms with van der Waals surface area (Å²) in [5.41, 5.74) is 1.29. The van der Waals surface area contributed by atoms with E-state index in [0.717, 1.165) is 4.90 Å². The van der Waals surface area contributed by atoms with Crippen molar-refractivity contribution in [2.75, 3.05) is 0 Å². The average Bonchev–Trinajstić information content (AvgIpc) is 2.82. The third-order valence-corrected chi connectivity index (χ3v) is 5.24. The number of amides is 2. The third kappa shape index (κ3) is 3.69.